The Bertz CT molecular complexity index is 416. The maximum absolute atomic E-state index is 12.7. The summed E-state index contributed by atoms with van der Waals surface area (Å²) in [5, 5.41) is 6.29. The fourth-order valence-corrected chi connectivity index (χ4v) is 4.47. The number of carbonyl (C=O) groups is 2. The van der Waals surface area contributed by atoms with Crippen molar-refractivity contribution in [3.8, 4) is 0 Å². The molecule has 0 aliphatic carbocycles. The van der Waals surface area contributed by atoms with Gasteiger partial charge in [0.15, 0.2) is 0 Å². The average molecular weight is 308 g/mol. The molecule has 124 valence electrons. The molecule has 2 bridgehead atoms. The fraction of sp³-hybridized carbons (Fsp3) is 0.875. The highest BCUT2D eigenvalue weighted by atomic mass is 16.2. The lowest BCUT2D eigenvalue weighted by molar-refractivity contribution is -0.136. The molecule has 3 unspecified atom stereocenters. The first-order valence-corrected chi connectivity index (χ1v) is 8.70. The van der Waals surface area contributed by atoms with E-state index in [1.807, 2.05) is 4.90 Å². The molecule has 4 N–H and O–H groups in total. The number of piperidine rings is 2. The number of rotatable bonds is 4. The van der Waals surface area contributed by atoms with Gasteiger partial charge in [0.25, 0.3) is 0 Å². The molecule has 0 aromatic rings. The van der Waals surface area contributed by atoms with Gasteiger partial charge >= 0.3 is 6.03 Å². The lowest BCUT2D eigenvalue weighted by Crippen LogP contribution is -2.51. The van der Waals surface area contributed by atoms with Crippen LogP contribution in [0.3, 0.4) is 0 Å². The number of fused-ring (bicyclic) bond motifs is 2. The summed E-state index contributed by atoms with van der Waals surface area (Å²) in [5.74, 6) is 0.792. The largest absolute Gasteiger partial charge is 0.352 e. The van der Waals surface area contributed by atoms with E-state index in [2.05, 4.69) is 10.6 Å². The van der Waals surface area contributed by atoms with E-state index in [0.717, 1.165) is 38.6 Å². The van der Waals surface area contributed by atoms with Crippen molar-refractivity contribution in [2.24, 2.45) is 11.7 Å². The molecular formula is C16H28N4O2. The Kier molecular flexibility index (Phi) is 4.86. The van der Waals surface area contributed by atoms with Crippen molar-refractivity contribution in [1.29, 1.82) is 0 Å². The molecule has 0 spiro atoms. The number of urea groups is 1. The summed E-state index contributed by atoms with van der Waals surface area (Å²) < 4.78 is 0. The zero-order valence-electron chi connectivity index (χ0n) is 13.2. The number of nitrogens with zero attached hydrogens (tertiary/aromatic N) is 1. The number of hydrogen-bond donors (Lipinski definition) is 3. The molecule has 0 aromatic heterocycles. The SMILES string of the molecule is NC(=O)NCC1CCCCN1C(=O)CC1CC2CCC(C1)N2. The molecule has 3 fully saturated rings. The van der Waals surface area contributed by atoms with Gasteiger partial charge in [-0.3, -0.25) is 4.79 Å². The third-order valence-corrected chi connectivity index (χ3v) is 5.49. The molecule has 3 heterocycles. The highest BCUT2D eigenvalue weighted by molar-refractivity contribution is 5.77. The van der Waals surface area contributed by atoms with E-state index in [1.54, 1.807) is 0 Å². The molecule has 6 heteroatoms. The number of nitrogens with one attached hydrogen (secondary N) is 2. The number of nitrogens with two attached hydrogens (primary N) is 1. The Morgan fingerprint density at radius 2 is 1.86 bits per heavy atom. The van der Waals surface area contributed by atoms with Crippen LogP contribution in [0.25, 0.3) is 0 Å². The van der Waals surface area contributed by atoms with Crippen LogP contribution in [0.15, 0.2) is 0 Å². The summed E-state index contributed by atoms with van der Waals surface area (Å²) in [6.45, 7) is 1.31. The lowest BCUT2D eigenvalue weighted by Gasteiger charge is -2.37. The van der Waals surface area contributed by atoms with Crippen LogP contribution in [-0.4, -0.2) is 48.1 Å². The van der Waals surface area contributed by atoms with Gasteiger partial charge in [0.2, 0.25) is 5.91 Å². The molecule has 3 atom stereocenters. The first kappa shape index (κ1) is 15.6. The quantitative estimate of drug-likeness (QED) is 0.723. The van der Waals surface area contributed by atoms with Gasteiger partial charge in [-0.25, -0.2) is 4.79 Å². The molecule has 0 saturated carbocycles. The third kappa shape index (κ3) is 3.72. The molecular weight excluding hydrogens is 280 g/mol. The van der Waals surface area contributed by atoms with E-state index in [1.165, 1.54) is 12.8 Å². The maximum Gasteiger partial charge on any atom is 0.312 e. The molecule has 0 aromatic carbocycles. The number of primary amides is 1. The molecule has 3 aliphatic heterocycles. The monoisotopic (exact) mass is 308 g/mol. The highest BCUT2D eigenvalue weighted by Crippen LogP contribution is 2.33. The van der Waals surface area contributed by atoms with E-state index in [-0.39, 0.29) is 11.9 Å². The van der Waals surface area contributed by atoms with Crippen molar-refractivity contribution in [3.05, 3.63) is 0 Å². The Morgan fingerprint density at radius 1 is 1.14 bits per heavy atom. The van der Waals surface area contributed by atoms with E-state index in [0.29, 0.717) is 31.0 Å². The highest BCUT2D eigenvalue weighted by Gasteiger charge is 2.36. The average Bonchev–Trinajstić information content (AvgIpc) is 2.84. The summed E-state index contributed by atoms with van der Waals surface area (Å²) in [5.41, 5.74) is 5.16. The maximum atomic E-state index is 12.7. The van der Waals surface area contributed by atoms with Crippen LogP contribution in [0, 0.1) is 5.92 Å². The number of amides is 3. The number of likely N-dealkylation sites (tertiary alicyclic amines) is 1. The topological polar surface area (TPSA) is 87.5 Å². The van der Waals surface area contributed by atoms with Crippen molar-refractivity contribution < 1.29 is 9.59 Å². The van der Waals surface area contributed by atoms with Crippen LogP contribution in [0.1, 0.15) is 51.4 Å². The van der Waals surface area contributed by atoms with Crippen LogP contribution in [0.4, 0.5) is 4.79 Å². The number of carbonyl (C=O) groups excluding carboxylic acids is 2. The summed E-state index contributed by atoms with van der Waals surface area (Å²) in [6.07, 6.45) is 8.63. The Labute approximate surface area is 132 Å². The van der Waals surface area contributed by atoms with E-state index < -0.39 is 6.03 Å². The van der Waals surface area contributed by atoms with Crippen molar-refractivity contribution in [3.63, 3.8) is 0 Å². The lowest BCUT2D eigenvalue weighted by atomic mass is 9.88. The van der Waals surface area contributed by atoms with Crippen LogP contribution in [-0.2, 0) is 4.79 Å². The van der Waals surface area contributed by atoms with Crippen molar-refractivity contribution in [2.45, 2.75) is 69.5 Å². The van der Waals surface area contributed by atoms with E-state index in [4.69, 9.17) is 5.73 Å². The predicted molar refractivity (Wildman–Crippen MR) is 84.2 cm³/mol. The second-order valence-corrected chi connectivity index (χ2v) is 7.16. The standard InChI is InChI=1S/C16H28N4O2/c17-16(22)18-10-14-3-1-2-6-20(14)15(21)9-11-7-12-4-5-13(8-11)19-12/h11-14,19H,1-10H2,(H3,17,18,22). The predicted octanol–water partition coefficient (Wildman–Crippen LogP) is 0.956. The van der Waals surface area contributed by atoms with Crippen LogP contribution >= 0.6 is 0 Å². The van der Waals surface area contributed by atoms with Crippen LogP contribution in [0.5, 0.6) is 0 Å². The van der Waals surface area contributed by atoms with Crippen molar-refractivity contribution in [2.75, 3.05) is 13.1 Å². The minimum Gasteiger partial charge on any atom is -0.352 e. The minimum atomic E-state index is -0.507. The summed E-state index contributed by atoms with van der Waals surface area (Å²) in [4.78, 5) is 25.6. The molecule has 3 saturated heterocycles. The first-order valence-electron chi connectivity index (χ1n) is 8.70. The molecule has 22 heavy (non-hydrogen) atoms. The van der Waals surface area contributed by atoms with Gasteiger partial charge in [-0.2, -0.15) is 0 Å². The van der Waals surface area contributed by atoms with Gasteiger partial charge in [0.05, 0.1) is 0 Å². The van der Waals surface area contributed by atoms with Gasteiger partial charge in [0.1, 0.15) is 0 Å². The molecule has 0 radical (unpaired) electrons. The zero-order valence-corrected chi connectivity index (χ0v) is 13.2. The fourth-order valence-electron chi connectivity index (χ4n) is 4.47. The number of hydrogen-bond acceptors (Lipinski definition) is 3. The van der Waals surface area contributed by atoms with Crippen LogP contribution in [0.2, 0.25) is 0 Å². The van der Waals surface area contributed by atoms with E-state index >= 15 is 0 Å². The van der Waals surface area contributed by atoms with Crippen LogP contribution < -0.4 is 16.4 Å². The second kappa shape index (κ2) is 6.86. The van der Waals surface area contributed by atoms with Gasteiger partial charge in [0, 0.05) is 37.6 Å². The zero-order chi connectivity index (χ0) is 15.5. The minimum absolute atomic E-state index is 0.118. The normalized spacial score (nSPS) is 34.5. The van der Waals surface area contributed by atoms with Crippen molar-refractivity contribution in [1.82, 2.24) is 15.5 Å². The Morgan fingerprint density at radius 3 is 2.55 bits per heavy atom. The summed E-state index contributed by atoms with van der Waals surface area (Å²) >= 11 is 0. The van der Waals surface area contributed by atoms with Crippen molar-refractivity contribution >= 4 is 11.9 Å². The van der Waals surface area contributed by atoms with Gasteiger partial charge in [-0.15, -0.1) is 0 Å². The first-order chi connectivity index (χ1) is 10.6. The smallest absolute Gasteiger partial charge is 0.312 e. The van der Waals surface area contributed by atoms with Gasteiger partial charge in [-0.05, 0) is 50.9 Å². The Hall–Kier alpha value is -1.30. The van der Waals surface area contributed by atoms with Gasteiger partial charge in [-0.1, -0.05) is 0 Å². The third-order valence-electron chi connectivity index (χ3n) is 5.49. The molecule has 6 nitrogen and oxygen atoms in total. The molecule has 3 amide bonds. The van der Waals surface area contributed by atoms with Gasteiger partial charge < -0.3 is 21.3 Å². The molecule has 3 aliphatic rings. The Balaban J connectivity index is 1.53. The second-order valence-electron chi connectivity index (χ2n) is 7.16. The molecule has 3 rings (SSSR count). The summed E-state index contributed by atoms with van der Waals surface area (Å²) in [6, 6.07) is 0.871. The van der Waals surface area contributed by atoms with E-state index in [9.17, 15) is 9.59 Å². The summed E-state index contributed by atoms with van der Waals surface area (Å²) in [7, 11) is 0.